The third-order valence-corrected chi connectivity index (χ3v) is 5.06. The Morgan fingerprint density at radius 2 is 1.74 bits per heavy atom. The zero-order valence-corrected chi connectivity index (χ0v) is 11.7. The van der Waals surface area contributed by atoms with Crippen LogP contribution in [0.2, 0.25) is 0 Å². The first-order valence-corrected chi connectivity index (χ1v) is 7.74. The van der Waals surface area contributed by atoms with Crippen molar-refractivity contribution in [1.29, 1.82) is 0 Å². The maximum Gasteiger partial charge on any atom is 0.225 e. The number of rotatable bonds is 3. The smallest absolute Gasteiger partial charge is 0.225 e. The van der Waals surface area contributed by atoms with Crippen LogP contribution in [-0.4, -0.2) is 35.8 Å². The molecule has 1 N–H and O–H groups in total. The van der Waals surface area contributed by atoms with Gasteiger partial charge in [0.15, 0.2) is 0 Å². The van der Waals surface area contributed by atoms with Gasteiger partial charge < -0.3 is 10.2 Å². The van der Waals surface area contributed by atoms with E-state index < -0.39 is 0 Å². The van der Waals surface area contributed by atoms with Crippen molar-refractivity contribution >= 4 is 11.8 Å². The van der Waals surface area contributed by atoms with Crippen LogP contribution in [0.4, 0.5) is 0 Å². The molecule has 0 aromatic heterocycles. The van der Waals surface area contributed by atoms with E-state index in [1.807, 2.05) is 4.90 Å². The Labute approximate surface area is 114 Å². The molecule has 2 amide bonds. The topological polar surface area (TPSA) is 49.4 Å². The summed E-state index contributed by atoms with van der Waals surface area (Å²) in [6.07, 6.45) is 6.23. The van der Waals surface area contributed by atoms with Crippen LogP contribution in [0.3, 0.4) is 0 Å². The third kappa shape index (κ3) is 2.77. The Morgan fingerprint density at radius 3 is 2.21 bits per heavy atom. The van der Waals surface area contributed by atoms with Crippen LogP contribution in [0.15, 0.2) is 0 Å². The van der Waals surface area contributed by atoms with Gasteiger partial charge in [0.05, 0.1) is 0 Å². The summed E-state index contributed by atoms with van der Waals surface area (Å²) in [7, 11) is 0. The van der Waals surface area contributed by atoms with Crippen molar-refractivity contribution in [3.63, 3.8) is 0 Å². The van der Waals surface area contributed by atoms with E-state index in [4.69, 9.17) is 0 Å². The van der Waals surface area contributed by atoms with Gasteiger partial charge in [-0.25, -0.2) is 0 Å². The van der Waals surface area contributed by atoms with Crippen LogP contribution in [-0.2, 0) is 9.59 Å². The van der Waals surface area contributed by atoms with E-state index in [2.05, 4.69) is 12.2 Å². The van der Waals surface area contributed by atoms with Gasteiger partial charge in [0.25, 0.3) is 0 Å². The molecular formula is C15H24N2O2. The fraction of sp³-hybridized carbons (Fsp3) is 0.867. The zero-order valence-electron chi connectivity index (χ0n) is 11.7. The minimum absolute atomic E-state index is 0.242. The first-order valence-electron chi connectivity index (χ1n) is 7.74. The SMILES string of the molecule is C[C@@H]1C[C@@H]1C(=O)N1CCC(NC(=O)C2CCC2)CC1. The lowest BCUT2D eigenvalue weighted by molar-refractivity contribution is -0.134. The van der Waals surface area contributed by atoms with E-state index >= 15 is 0 Å². The molecule has 2 aliphatic carbocycles. The summed E-state index contributed by atoms with van der Waals surface area (Å²) in [5.74, 6) is 1.74. The van der Waals surface area contributed by atoms with Crippen LogP contribution < -0.4 is 5.32 Å². The monoisotopic (exact) mass is 264 g/mol. The van der Waals surface area contributed by atoms with Gasteiger partial charge in [0, 0.05) is 31.0 Å². The number of nitrogens with zero attached hydrogens (tertiary/aromatic N) is 1. The summed E-state index contributed by atoms with van der Waals surface area (Å²) >= 11 is 0. The first kappa shape index (κ1) is 12.9. The molecule has 3 aliphatic rings. The minimum atomic E-state index is 0.242. The Bertz CT molecular complexity index is 370. The molecule has 106 valence electrons. The fourth-order valence-corrected chi connectivity index (χ4v) is 3.13. The lowest BCUT2D eigenvalue weighted by Crippen LogP contribution is -2.48. The number of hydrogen-bond acceptors (Lipinski definition) is 2. The number of hydrogen-bond donors (Lipinski definition) is 1. The second kappa shape index (κ2) is 5.14. The van der Waals surface area contributed by atoms with Crippen molar-refractivity contribution < 1.29 is 9.59 Å². The van der Waals surface area contributed by atoms with Crippen molar-refractivity contribution in [1.82, 2.24) is 10.2 Å². The van der Waals surface area contributed by atoms with E-state index in [0.29, 0.717) is 17.7 Å². The molecule has 2 saturated carbocycles. The predicted molar refractivity (Wildman–Crippen MR) is 72.4 cm³/mol. The number of likely N-dealkylation sites (tertiary alicyclic amines) is 1. The van der Waals surface area contributed by atoms with Crippen LogP contribution in [0.25, 0.3) is 0 Å². The lowest BCUT2D eigenvalue weighted by atomic mass is 9.84. The van der Waals surface area contributed by atoms with E-state index in [1.165, 1.54) is 6.42 Å². The van der Waals surface area contributed by atoms with Crippen molar-refractivity contribution in [3.8, 4) is 0 Å². The fourth-order valence-electron chi connectivity index (χ4n) is 3.13. The summed E-state index contributed by atoms with van der Waals surface area (Å²) in [5, 5.41) is 3.16. The number of nitrogens with one attached hydrogen (secondary N) is 1. The van der Waals surface area contributed by atoms with Gasteiger partial charge in [-0.1, -0.05) is 13.3 Å². The van der Waals surface area contributed by atoms with Crippen molar-refractivity contribution in [2.45, 2.75) is 51.5 Å². The second-order valence-electron chi connectivity index (χ2n) is 6.56. The summed E-state index contributed by atoms with van der Waals surface area (Å²) in [6.45, 7) is 3.78. The molecule has 4 heteroatoms. The highest BCUT2D eigenvalue weighted by Crippen LogP contribution is 2.39. The largest absolute Gasteiger partial charge is 0.353 e. The van der Waals surface area contributed by atoms with Gasteiger partial charge in [-0.15, -0.1) is 0 Å². The highest BCUT2D eigenvalue weighted by Gasteiger charge is 2.42. The molecule has 0 aromatic rings. The third-order valence-electron chi connectivity index (χ3n) is 5.06. The Balaban J connectivity index is 1.41. The Morgan fingerprint density at radius 1 is 1.11 bits per heavy atom. The Hall–Kier alpha value is -1.06. The van der Waals surface area contributed by atoms with Gasteiger partial charge >= 0.3 is 0 Å². The molecule has 2 atom stereocenters. The van der Waals surface area contributed by atoms with Crippen LogP contribution in [0.5, 0.6) is 0 Å². The molecule has 3 rings (SSSR count). The number of amides is 2. The molecule has 1 aliphatic heterocycles. The van der Waals surface area contributed by atoms with Crippen LogP contribution >= 0.6 is 0 Å². The summed E-state index contributed by atoms with van der Waals surface area (Å²) in [5.41, 5.74) is 0. The van der Waals surface area contributed by atoms with Gasteiger partial charge in [-0.3, -0.25) is 9.59 Å². The van der Waals surface area contributed by atoms with Gasteiger partial charge in [-0.2, -0.15) is 0 Å². The van der Waals surface area contributed by atoms with Crippen molar-refractivity contribution in [2.75, 3.05) is 13.1 Å². The quantitative estimate of drug-likeness (QED) is 0.841. The zero-order chi connectivity index (χ0) is 13.4. The van der Waals surface area contributed by atoms with Crippen LogP contribution in [0.1, 0.15) is 45.4 Å². The lowest BCUT2D eigenvalue weighted by Gasteiger charge is -2.34. The maximum absolute atomic E-state index is 12.1. The van der Waals surface area contributed by atoms with Gasteiger partial charge in [0.1, 0.15) is 0 Å². The van der Waals surface area contributed by atoms with Gasteiger partial charge in [0.2, 0.25) is 11.8 Å². The van der Waals surface area contributed by atoms with Crippen molar-refractivity contribution in [2.24, 2.45) is 17.8 Å². The van der Waals surface area contributed by atoms with E-state index in [-0.39, 0.29) is 17.9 Å². The molecule has 0 radical (unpaired) electrons. The molecule has 0 spiro atoms. The van der Waals surface area contributed by atoms with Crippen molar-refractivity contribution in [3.05, 3.63) is 0 Å². The number of piperidine rings is 1. The molecule has 0 bridgehead atoms. The average Bonchev–Trinajstić information content (AvgIpc) is 3.04. The molecule has 3 fully saturated rings. The molecule has 0 unspecified atom stereocenters. The minimum Gasteiger partial charge on any atom is -0.353 e. The normalized spacial score (nSPS) is 31.7. The summed E-state index contributed by atoms with van der Waals surface area (Å²) in [4.78, 5) is 26.0. The molecular weight excluding hydrogens is 240 g/mol. The molecule has 4 nitrogen and oxygen atoms in total. The number of carbonyl (C=O) groups is 2. The maximum atomic E-state index is 12.1. The predicted octanol–water partition coefficient (Wildman–Crippen LogP) is 1.55. The first-order chi connectivity index (χ1) is 9.15. The molecule has 19 heavy (non-hydrogen) atoms. The Kier molecular flexibility index (Phi) is 3.50. The van der Waals surface area contributed by atoms with E-state index in [0.717, 1.165) is 45.2 Å². The van der Waals surface area contributed by atoms with E-state index in [1.54, 1.807) is 0 Å². The number of carbonyl (C=O) groups excluding carboxylic acids is 2. The highest BCUT2D eigenvalue weighted by atomic mass is 16.2. The second-order valence-corrected chi connectivity index (χ2v) is 6.56. The summed E-state index contributed by atoms with van der Waals surface area (Å²) in [6, 6.07) is 0.286. The average molecular weight is 264 g/mol. The molecule has 1 saturated heterocycles. The van der Waals surface area contributed by atoms with E-state index in [9.17, 15) is 9.59 Å². The van der Waals surface area contributed by atoms with Crippen LogP contribution in [0, 0.1) is 17.8 Å². The highest BCUT2D eigenvalue weighted by molar-refractivity contribution is 5.82. The molecule has 0 aromatic carbocycles. The van der Waals surface area contributed by atoms with Gasteiger partial charge in [-0.05, 0) is 38.0 Å². The standard InChI is InChI=1S/C15H24N2O2/c1-10-9-13(10)15(19)17-7-5-12(6-8-17)16-14(18)11-3-2-4-11/h10-13H,2-9H2,1H3,(H,16,18)/t10-,13+/m1/s1. The molecule has 1 heterocycles. The summed E-state index contributed by atoms with van der Waals surface area (Å²) < 4.78 is 0.